The van der Waals surface area contributed by atoms with Crippen LogP contribution in [0, 0.1) is 39.4 Å². The van der Waals surface area contributed by atoms with E-state index >= 15 is 0 Å². The van der Waals surface area contributed by atoms with Gasteiger partial charge < -0.3 is 113 Å². The molecule has 6 saturated heterocycles. The Labute approximate surface area is 522 Å². The zero-order valence-electron chi connectivity index (χ0n) is 52.1. The Morgan fingerprint density at radius 2 is 1.31 bits per heavy atom. The minimum atomic E-state index is -5.27. The number of aliphatic hydroxyl groups excluding tert-OH is 10. The van der Waals surface area contributed by atoms with Crippen LogP contribution in [0.1, 0.15) is 101 Å². The molecule has 6 heterocycles. The number of hydrogen-bond donors (Lipinski definition) is 11. The van der Waals surface area contributed by atoms with Gasteiger partial charge in [0.2, 0.25) is 0 Å². The van der Waals surface area contributed by atoms with Crippen molar-refractivity contribution in [2.75, 3.05) is 33.5 Å². The fraction of sp³-hybridized carbons (Fsp3) is 0.867. The first-order valence-corrected chi connectivity index (χ1v) is 32.3. The number of methoxy groups -OCH3 is 1. The third kappa shape index (κ3) is 12.5. The fourth-order valence-electron chi connectivity index (χ4n) is 17.1. The minimum Gasteiger partial charge on any atom is -0.462 e. The first-order valence-electron chi connectivity index (χ1n) is 30.9. The van der Waals surface area contributed by atoms with Crippen molar-refractivity contribution in [1.29, 1.82) is 0 Å². The lowest BCUT2D eigenvalue weighted by Gasteiger charge is -2.63. The second kappa shape index (κ2) is 26.3. The molecule has 31 atom stereocenters. The maximum atomic E-state index is 14.7. The molecule has 0 bridgehead atoms. The first kappa shape index (κ1) is 70.0. The summed E-state index contributed by atoms with van der Waals surface area (Å²) in [6, 6.07) is 0. The first-order chi connectivity index (χ1) is 42.2. The van der Waals surface area contributed by atoms with Crippen LogP contribution in [-0.2, 0) is 85.8 Å². The molecule has 0 aromatic heterocycles. The molecule has 0 amide bonds. The third-order valence-electron chi connectivity index (χ3n) is 21.5. The van der Waals surface area contributed by atoms with Gasteiger partial charge in [0.15, 0.2) is 31.5 Å². The number of ether oxygens (including phenoxy) is 13. The largest absolute Gasteiger partial charge is 0.462 e. The summed E-state index contributed by atoms with van der Waals surface area (Å²) < 4.78 is 118. The number of cyclic esters (lactones) is 1. The Balaban J connectivity index is 0.919. The van der Waals surface area contributed by atoms with Gasteiger partial charge in [0.1, 0.15) is 109 Å². The molecule has 10 rings (SSSR count). The van der Waals surface area contributed by atoms with Crippen LogP contribution in [-0.4, -0.2) is 263 Å². The Kier molecular flexibility index (Phi) is 20.5. The number of carbonyl (C=O) groups excluding carboxylic acids is 2. The maximum Gasteiger partial charge on any atom is 0.397 e. The van der Waals surface area contributed by atoms with Gasteiger partial charge in [-0.05, 0) is 95.0 Å². The van der Waals surface area contributed by atoms with Crippen LogP contribution in [0.4, 0.5) is 0 Å². The molecular formula is C60H92O29S. The van der Waals surface area contributed by atoms with Crippen molar-refractivity contribution in [2.45, 2.75) is 254 Å². The summed E-state index contributed by atoms with van der Waals surface area (Å²) in [5.41, 5.74) is -1.74. The molecule has 3 saturated carbocycles. The predicted octanol–water partition coefficient (Wildman–Crippen LogP) is -1.14. The average molecular weight is 1310 g/mol. The van der Waals surface area contributed by atoms with Gasteiger partial charge in [0.05, 0.1) is 50.0 Å². The van der Waals surface area contributed by atoms with Gasteiger partial charge in [-0.3, -0.25) is 14.1 Å². The number of esters is 2. The molecule has 9 fully saturated rings. The van der Waals surface area contributed by atoms with E-state index < -0.39 is 217 Å². The molecule has 6 aliphatic heterocycles. The molecule has 0 aromatic carbocycles. The van der Waals surface area contributed by atoms with Crippen LogP contribution in [0.2, 0.25) is 0 Å². The summed E-state index contributed by atoms with van der Waals surface area (Å²) in [6.07, 6.45) is -28.5. The highest BCUT2D eigenvalue weighted by Gasteiger charge is 2.79. The Bertz CT molecular complexity index is 2780. The molecule has 0 radical (unpaired) electrons. The lowest BCUT2D eigenvalue weighted by molar-refractivity contribution is -0.402. The topological polar surface area (TPSA) is 420 Å². The number of hydrogen-bond acceptors (Lipinski definition) is 28. The highest BCUT2D eigenvalue weighted by Crippen LogP contribution is 2.76. The molecule has 10 aliphatic rings. The highest BCUT2D eigenvalue weighted by molar-refractivity contribution is 7.80. The number of rotatable bonds is 17. The van der Waals surface area contributed by atoms with Crippen LogP contribution in [0.3, 0.4) is 0 Å². The highest BCUT2D eigenvalue weighted by atomic mass is 32.3. The van der Waals surface area contributed by atoms with Crippen molar-refractivity contribution < 1.29 is 139 Å². The van der Waals surface area contributed by atoms with Crippen LogP contribution in [0.5, 0.6) is 0 Å². The SMILES string of the molecule is COC1C(O)COC(OC2C(O)C(CO)OC(OC3C(C)OC(OC4C(OC5CCC6(C)C7CCC89C(=O)O[C@@](C)(/C=C/C=C(C)C)C8C(OC(C)=O)C[C@@]9(C)C7=CCC6C5(C)C)OCC(OS(=O)(=O)O)C4O)C(OC4OCC(O)C(O)C4O)C3O)C2O)C1O. The summed E-state index contributed by atoms with van der Waals surface area (Å²) in [5.74, 6) is -1.36. The van der Waals surface area contributed by atoms with Crippen LogP contribution in [0.15, 0.2) is 35.5 Å². The third-order valence-corrected chi connectivity index (χ3v) is 22.0. The second-order valence-corrected chi connectivity index (χ2v) is 28.7. The predicted molar refractivity (Wildman–Crippen MR) is 302 cm³/mol. The van der Waals surface area contributed by atoms with Gasteiger partial charge >= 0.3 is 22.3 Å². The van der Waals surface area contributed by atoms with Crippen LogP contribution < -0.4 is 0 Å². The van der Waals surface area contributed by atoms with E-state index in [0.29, 0.717) is 38.5 Å². The monoisotopic (exact) mass is 1310 g/mol. The van der Waals surface area contributed by atoms with Crippen molar-refractivity contribution in [3.05, 3.63) is 35.5 Å². The molecular weight excluding hydrogens is 1220 g/mol. The molecule has 29 unspecified atom stereocenters. The van der Waals surface area contributed by atoms with E-state index in [-0.39, 0.29) is 24.4 Å². The van der Waals surface area contributed by atoms with Crippen molar-refractivity contribution in [3.63, 3.8) is 0 Å². The summed E-state index contributed by atoms with van der Waals surface area (Å²) in [4.78, 5) is 27.6. The smallest absolute Gasteiger partial charge is 0.397 e. The minimum absolute atomic E-state index is 0.0276. The molecule has 90 heavy (non-hydrogen) atoms. The van der Waals surface area contributed by atoms with Crippen LogP contribution in [0.25, 0.3) is 0 Å². The lowest BCUT2D eigenvalue weighted by Crippen LogP contribution is -2.67. The molecule has 1 spiro atoms. The Morgan fingerprint density at radius 3 is 1.97 bits per heavy atom. The number of aliphatic hydroxyl groups is 10. The van der Waals surface area contributed by atoms with E-state index in [4.69, 9.17) is 65.8 Å². The van der Waals surface area contributed by atoms with E-state index in [9.17, 15) is 73.6 Å². The van der Waals surface area contributed by atoms with Crippen molar-refractivity contribution in [2.24, 2.45) is 39.4 Å². The van der Waals surface area contributed by atoms with Crippen LogP contribution >= 0.6 is 0 Å². The van der Waals surface area contributed by atoms with Gasteiger partial charge in [0, 0.05) is 19.4 Å². The van der Waals surface area contributed by atoms with Gasteiger partial charge in [-0.15, -0.1) is 0 Å². The van der Waals surface area contributed by atoms with Gasteiger partial charge in [-0.1, -0.05) is 57.1 Å². The summed E-state index contributed by atoms with van der Waals surface area (Å²) in [5, 5.41) is 111. The molecule has 11 N–H and O–H groups in total. The normalized spacial score (nSPS) is 50.2. The van der Waals surface area contributed by atoms with E-state index in [1.165, 1.54) is 21.0 Å². The summed E-state index contributed by atoms with van der Waals surface area (Å²) in [7, 11) is -4.04. The van der Waals surface area contributed by atoms with Gasteiger partial charge in [-0.25, -0.2) is 4.18 Å². The van der Waals surface area contributed by atoms with Crippen molar-refractivity contribution >= 4 is 22.3 Å². The number of fused-ring (bicyclic) bond motifs is 4. The molecule has 30 heteroatoms. The lowest BCUT2D eigenvalue weighted by atomic mass is 9.41. The average Bonchev–Trinajstić information content (AvgIpc) is 1.52. The maximum absolute atomic E-state index is 14.7. The van der Waals surface area contributed by atoms with Crippen molar-refractivity contribution in [3.8, 4) is 0 Å². The molecule has 512 valence electrons. The summed E-state index contributed by atoms with van der Waals surface area (Å²) in [6.45, 7) is 14.6. The van der Waals surface area contributed by atoms with Crippen molar-refractivity contribution in [1.82, 2.24) is 0 Å². The quantitative estimate of drug-likeness (QED) is 0.0355. The fourth-order valence-corrected chi connectivity index (χ4v) is 17.6. The molecule has 4 aliphatic carbocycles. The number of allylic oxidation sites excluding steroid dienone is 5. The Hall–Kier alpha value is -2.81. The van der Waals surface area contributed by atoms with Gasteiger partial charge in [-0.2, -0.15) is 8.42 Å². The van der Waals surface area contributed by atoms with E-state index in [1.54, 1.807) is 0 Å². The Morgan fingerprint density at radius 1 is 0.689 bits per heavy atom. The molecule has 0 aromatic rings. The second-order valence-electron chi connectivity index (χ2n) is 27.6. The van der Waals surface area contributed by atoms with Gasteiger partial charge in [0.25, 0.3) is 0 Å². The van der Waals surface area contributed by atoms with E-state index in [1.807, 2.05) is 39.0 Å². The van der Waals surface area contributed by atoms with E-state index in [0.717, 1.165) is 11.1 Å². The van der Waals surface area contributed by atoms with E-state index in [2.05, 4.69) is 33.8 Å². The zero-order valence-corrected chi connectivity index (χ0v) is 53.0. The molecule has 29 nitrogen and oxygen atoms in total. The zero-order chi connectivity index (χ0) is 65.7. The number of carbonyl (C=O) groups is 2. The summed E-state index contributed by atoms with van der Waals surface area (Å²) >= 11 is 0. The standard InChI is InChI=1S/C60H92O29S/c1-25(2)12-11-17-59(9)49-32(81-27(4)62)20-58(8)29-13-14-35-56(5,6)36(16-18-57(35,7)28(29)15-19-60(49,58)55(72)88-59)83-53-47(39(67)34(24-79-53)89-90(73,74)75)87-54-48(86-50-40(68)37(65)30(63)22-77-50)41(69)44(26(3)80-54)84-52-43(71)46(38(66)33(21-61)82-52)85-51-42(70)45(76-10)31(64)23-78-51/h11-13,17,26,28,30-54,61,63-71H,14-16,18-24H2,1-10H3,(H,73,74,75)/b17-11+/t26?,28?,30?,31?,32?,33?,34?,35?,36?,37?,38?,39?,40?,41?,42?,43?,44?,45?,46?,47?,48?,49?,50?,51?,52?,53?,54?,57?,58-,59-,60?/m0/s1.